The number of nitrogens with zero attached hydrogens (tertiary/aromatic N) is 4. The summed E-state index contributed by atoms with van der Waals surface area (Å²) in [7, 11) is 0. The van der Waals surface area contributed by atoms with Crippen LogP contribution in [0, 0.1) is 6.92 Å². The van der Waals surface area contributed by atoms with Crippen molar-refractivity contribution in [1.82, 2.24) is 19.7 Å². The van der Waals surface area contributed by atoms with E-state index in [4.69, 9.17) is 0 Å². The average molecular weight is 355 g/mol. The van der Waals surface area contributed by atoms with Gasteiger partial charge in [0.05, 0.1) is 34.8 Å². The fraction of sp³-hybridized carbons (Fsp3) is 0.562. The van der Waals surface area contributed by atoms with Crippen LogP contribution < -0.4 is 5.32 Å². The highest BCUT2D eigenvalue weighted by Crippen LogP contribution is 2.45. The van der Waals surface area contributed by atoms with Gasteiger partial charge in [0.1, 0.15) is 0 Å². The third-order valence-corrected chi connectivity index (χ3v) is 3.83. The number of anilines is 2. The van der Waals surface area contributed by atoms with Crippen molar-refractivity contribution in [2.45, 2.75) is 57.9 Å². The molecule has 1 aliphatic rings. The van der Waals surface area contributed by atoms with E-state index in [2.05, 4.69) is 20.4 Å². The Labute approximate surface area is 143 Å². The number of aryl methyl sites for hydroxylation is 1. The van der Waals surface area contributed by atoms with Gasteiger partial charge in [0.15, 0.2) is 0 Å². The van der Waals surface area contributed by atoms with Crippen LogP contribution in [-0.2, 0) is 12.7 Å². The topological polar surface area (TPSA) is 75.9 Å². The molecule has 0 radical (unpaired) electrons. The summed E-state index contributed by atoms with van der Waals surface area (Å²) in [6.07, 6.45) is -0.529. The molecule has 1 saturated carbocycles. The monoisotopic (exact) mass is 355 g/mol. The fourth-order valence-corrected chi connectivity index (χ4v) is 2.58. The fourth-order valence-electron chi connectivity index (χ4n) is 2.58. The minimum absolute atomic E-state index is 0.0477. The van der Waals surface area contributed by atoms with Crippen LogP contribution in [0.25, 0.3) is 0 Å². The number of aromatic nitrogens is 4. The highest BCUT2D eigenvalue weighted by atomic mass is 19.4. The lowest BCUT2D eigenvalue weighted by molar-refractivity contribution is -0.138. The second-order valence-electron chi connectivity index (χ2n) is 7.03. The predicted molar refractivity (Wildman–Crippen MR) is 85.6 cm³/mol. The SMILES string of the molecule is Cc1nn(CC(C)(C)O)cc1Nc1ncc(C(F)(F)F)c(C2CC2)n1. The zero-order valence-electron chi connectivity index (χ0n) is 14.2. The van der Waals surface area contributed by atoms with Crippen LogP contribution in [0.5, 0.6) is 0 Å². The van der Waals surface area contributed by atoms with Crippen molar-refractivity contribution in [1.29, 1.82) is 0 Å². The molecular weight excluding hydrogens is 335 g/mol. The van der Waals surface area contributed by atoms with Crippen LogP contribution in [0.2, 0.25) is 0 Å². The molecule has 2 heterocycles. The van der Waals surface area contributed by atoms with E-state index in [1.165, 1.54) is 0 Å². The maximum atomic E-state index is 13.1. The van der Waals surface area contributed by atoms with Gasteiger partial charge in [-0.2, -0.15) is 18.3 Å². The first-order valence-electron chi connectivity index (χ1n) is 8.00. The van der Waals surface area contributed by atoms with Crippen LogP contribution in [0.3, 0.4) is 0 Å². The second kappa shape index (κ2) is 5.98. The van der Waals surface area contributed by atoms with E-state index >= 15 is 0 Å². The molecule has 2 N–H and O–H groups in total. The molecule has 2 aromatic heterocycles. The summed E-state index contributed by atoms with van der Waals surface area (Å²) in [5, 5.41) is 17.1. The molecule has 0 unspecified atom stereocenters. The molecule has 0 aliphatic heterocycles. The van der Waals surface area contributed by atoms with E-state index in [1.807, 2.05) is 0 Å². The number of hydrogen-bond acceptors (Lipinski definition) is 5. The van der Waals surface area contributed by atoms with Gasteiger partial charge in [0.25, 0.3) is 0 Å². The second-order valence-corrected chi connectivity index (χ2v) is 7.03. The van der Waals surface area contributed by atoms with E-state index in [0.717, 1.165) is 6.20 Å². The van der Waals surface area contributed by atoms with Gasteiger partial charge in [-0.25, -0.2) is 9.97 Å². The minimum Gasteiger partial charge on any atom is -0.389 e. The number of halogens is 3. The molecule has 1 fully saturated rings. The molecule has 2 aromatic rings. The Morgan fingerprint density at radius 1 is 1.32 bits per heavy atom. The Kier molecular flexibility index (Phi) is 4.22. The van der Waals surface area contributed by atoms with Crippen LogP contribution in [0.4, 0.5) is 24.8 Å². The first-order valence-corrected chi connectivity index (χ1v) is 8.00. The number of alkyl halides is 3. The molecule has 6 nitrogen and oxygen atoms in total. The first-order chi connectivity index (χ1) is 11.5. The molecule has 0 amide bonds. The third-order valence-electron chi connectivity index (χ3n) is 3.83. The lowest BCUT2D eigenvalue weighted by atomic mass is 10.1. The summed E-state index contributed by atoms with van der Waals surface area (Å²) in [6, 6.07) is 0. The molecule has 0 atom stereocenters. The van der Waals surface area contributed by atoms with Crippen molar-refractivity contribution in [3.05, 3.63) is 29.3 Å². The Morgan fingerprint density at radius 2 is 2.00 bits per heavy atom. The summed E-state index contributed by atoms with van der Waals surface area (Å²) in [4.78, 5) is 7.90. The van der Waals surface area contributed by atoms with E-state index in [9.17, 15) is 18.3 Å². The first kappa shape index (κ1) is 17.7. The van der Waals surface area contributed by atoms with Crippen molar-refractivity contribution in [3.8, 4) is 0 Å². The maximum Gasteiger partial charge on any atom is 0.419 e. The van der Waals surface area contributed by atoms with Gasteiger partial charge in [-0.1, -0.05) is 0 Å². The Balaban J connectivity index is 1.85. The zero-order valence-corrected chi connectivity index (χ0v) is 14.2. The van der Waals surface area contributed by atoms with Crippen LogP contribution in [0.15, 0.2) is 12.4 Å². The van der Waals surface area contributed by atoms with Gasteiger partial charge in [-0.3, -0.25) is 4.68 Å². The standard InChI is InChI=1S/C16H20F3N5O/c1-9-12(7-24(23-9)8-15(2,3)25)21-14-20-6-11(16(17,18)19)13(22-14)10-4-5-10/h6-7,10,25H,4-5,8H2,1-3H3,(H,20,21,22). The summed E-state index contributed by atoms with van der Waals surface area (Å²) >= 11 is 0. The third kappa shape index (κ3) is 4.28. The molecule has 0 saturated heterocycles. The maximum absolute atomic E-state index is 13.1. The van der Waals surface area contributed by atoms with Crippen molar-refractivity contribution in [3.63, 3.8) is 0 Å². The van der Waals surface area contributed by atoms with E-state index in [-0.39, 0.29) is 24.1 Å². The summed E-state index contributed by atoms with van der Waals surface area (Å²) < 4.78 is 40.8. The Morgan fingerprint density at radius 3 is 2.56 bits per heavy atom. The van der Waals surface area contributed by atoms with Crippen LogP contribution >= 0.6 is 0 Å². The summed E-state index contributed by atoms with van der Waals surface area (Å²) in [5.74, 6) is -0.0417. The van der Waals surface area contributed by atoms with Crippen LogP contribution in [-0.4, -0.2) is 30.5 Å². The number of hydrogen-bond donors (Lipinski definition) is 2. The van der Waals surface area contributed by atoms with Crippen molar-refractivity contribution in [2.75, 3.05) is 5.32 Å². The van der Waals surface area contributed by atoms with Gasteiger partial charge in [-0.05, 0) is 33.6 Å². The van der Waals surface area contributed by atoms with Gasteiger partial charge in [-0.15, -0.1) is 0 Å². The van der Waals surface area contributed by atoms with Gasteiger partial charge in [0, 0.05) is 18.3 Å². The quantitative estimate of drug-likeness (QED) is 0.860. The summed E-state index contributed by atoms with van der Waals surface area (Å²) in [5.41, 5.74) is -0.423. The predicted octanol–water partition coefficient (Wildman–Crippen LogP) is 3.39. The molecule has 0 aromatic carbocycles. The molecular formula is C16H20F3N5O. The Bertz CT molecular complexity index is 775. The molecule has 0 spiro atoms. The van der Waals surface area contributed by atoms with E-state index < -0.39 is 17.3 Å². The van der Waals surface area contributed by atoms with Crippen molar-refractivity contribution < 1.29 is 18.3 Å². The smallest absolute Gasteiger partial charge is 0.389 e. The minimum atomic E-state index is -4.45. The number of aliphatic hydroxyl groups is 1. The lowest BCUT2D eigenvalue weighted by Gasteiger charge is -2.16. The molecule has 0 bridgehead atoms. The number of rotatable bonds is 5. The van der Waals surface area contributed by atoms with Crippen molar-refractivity contribution in [2.24, 2.45) is 0 Å². The lowest BCUT2D eigenvalue weighted by Crippen LogP contribution is -2.26. The molecule has 9 heteroatoms. The molecule has 1 aliphatic carbocycles. The number of nitrogens with one attached hydrogen (secondary N) is 1. The van der Waals surface area contributed by atoms with E-state index in [0.29, 0.717) is 24.2 Å². The largest absolute Gasteiger partial charge is 0.419 e. The average Bonchev–Trinajstić information content (AvgIpc) is 3.23. The highest BCUT2D eigenvalue weighted by Gasteiger charge is 2.40. The van der Waals surface area contributed by atoms with Gasteiger partial charge < -0.3 is 10.4 Å². The normalized spacial score (nSPS) is 15.5. The van der Waals surface area contributed by atoms with Gasteiger partial charge >= 0.3 is 6.18 Å². The Hall–Kier alpha value is -2.16. The van der Waals surface area contributed by atoms with Crippen LogP contribution in [0.1, 0.15) is 49.6 Å². The highest BCUT2D eigenvalue weighted by molar-refractivity contribution is 5.55. The zero-order chi connectivity index (χ0) is 18.4. The summed E-state index contributed by atoms with van der Waals surface area (Å²) in [6.45, 7) is 5.38. The molecule has 3 rings (SSSR count). The molecule has 136 valence electrons. The van der Waals surface area contributed by atoms with E-state index in [1.54, 1.807) is 31.6 Å². The van der Waals surface area contributed by atoms with Crippen molar-refractivity contribution >= 4 is 11.6 Å². The van der Waals surface area contributed by atoms with Gasteiger partial charge in [0.2, 0.25) is 5.95 Å². The molecule has 25 heavy (non-hydrogen) atoms.